The van der Waals surface area contributed by atoms with E-state index in [-0.39, 0.29) is 0 Å². The number of nitrogen functional groups attached to an aromatic ring is 1. The molecule has 5 heteroatoms. The summed E-state index contributed by atoms with van der Waals surface area (Å²) in [5, 5.41) is 5.51. The molecule has 0 aliphatic heterocycles. The zero-order chi connectivity index (χ0) is 12.0. The highest BCUT2D eigenvalue weighted by Crippen LogP contribution is 2.28. The lowest BCUT2D eigenvalue weighted by Gasteiger charge is -1.97. The van der Waals surface area contributed by atoms with E-state index in [0.717, 1.165) is 26.6 Å². The van der Waals surface area contributed by atoms with Gasteiger partial charge in [-0.2, -0.15) is 5.10 Å². The fourth-order valence-electron chi connectivity index (χ4n) is 1.87. The zero-order valence-electron chi connectivity index (χ0n) is 9.24. The van der Waals surface area contributed by atoms with Crippen LogP contribution in [0, 0.1) is 0 Å². The van der Waals surface area contributed by atoms with E-state index in [1.165, 1.54) is 0 Å². The van der Waals surface area contributed by atoms with Crippen LogP contribution < -0.4 is 5.73 Å². The van der Waals surface area contributed by atoms with Crippen molar-refractivity contribution in [2.45, 2.75) is 0 Å². The number of rotatable bonds is 1. The van der Waals surface area contributed by atoms with E-state index in [9.17, 15) is 0 Å². The van der Waals surface area contributed by atoms with Crippen LogP contribution in [0.25, 0.3) is 22.2 Å². The molecule has 3 N–H and O–H groups in total. The van der Waals surface area contributed by atoms with E-state index < -0.39 is 0 Å². The molecule has 0 aliphatic rings. The molecule has 0 bridgehead atoms. The number of aromatic amines is 1. The Morgan fingerprint density at radius 1 is 1.35 bits per heavy atom. The summed E-state index contributed by atoms with van der Waals surface area (Å²) in [4.78, 5) is 3.19. The molecule has 1 aromatic carbocycles. The van der Waals surface area contributed by atoms with Crippen LogP contribution in [-0.4, -0.2) is 14.8 Å². The molecule has 0 saturated heterocycles. The highest BCUT2D eigenvalue weighted by Gasteiger charge is 2.07. The summed E-state index contributed by atoms with van der Waals surface area (Å²) in [5.74, 6) is 0.660. The lowest BCUT2D eigenvalue weighted by Crippen LogP contribution is -1.96. The Balaban J connectivity index is 2.20. The Hall–Kier alpha value is -1.75. The van der Waals surface area contributed by atoms with Crippen molar-refractivity contribution in [2.24, 2.45) is 7.05 Å². The molecule has 3 aromatic rings. The van der Waals surface area contributed by atoms with Gasteiger partial charge in [0.1, 0.15) is 5.82 Å². The van der Waals surface area contributed by atoms with Crippen LogP contribution in [0.4, 0.5) is 5.82 Å². The summed E-state index contributed by atoms with van der Waals surface area (Å²) in [6.07, 6.45) is 1.93. The van der Waals surface area contributed by atoms with Crippen molar-refractivity contribution in [2.75, 3.05) is 5.73 Å². The van der Waals surface area contributed by atoms with Crippen molar-refractivity contribution in [3.05, 3.63) is 34.9 Å². The fraction of sp³-hybridized carbons (Fsp3) is 0.0833. The predicted molar refractivity (Wildman–Crippen MR) is 72.6 cm³/mol. The smallest absolute Gasteiger partial charge is 0.121 e. The van der Waals surface area contributed by atoms with Gasteiger partial charge in [0.25, 0.3) is 0 Å². The molecule has 0 atom stereocenters. The van der Waals surface area contributed by atoms with Gasteiger partial charge < -0.3 is 10.7 Å². The summed E-state index contributed by atoms with van der Waals surface area (Å²) in [7, 11) is 1.84. The maximum Gasteiger partial charge on any atom is 0.121 e. The monoisotopic (exact) mass is 290 g/mol. The van der Waals surface area contributed by atoms with Crippen LogP contribution in [0.2, 0.25) is 0 Å². The van der Waals surface area contributed by atoms with Gasteiger partial charge >= 0.3 is 0 Å². The second kappa shape index (κ2) is 3.63. The van der Waals surface area contributed by atoms with Crippen LogP contribution >= 0.6 is 15.9 Å². The predicted octanol–water partition coefficient (Wildman–Crippen LogP) is 2.91. The third-order valence-corrected chi connectivity index (χ3v) is 3.50. The normalized spacial score (nSPS) is 11.2. The number of benzene rings is 1. The molecule has 0 aliphatic carbocycles. The third kappa shape index (κ3) is 1.63. The van der Waals surface area contributed by atoms with Gasteiger partial charge in [-0.25, -0.2) is 0 Å². The minimum Gasteiger partial charge on any atom is -0.384 e. The Labute approximate surface area is 107 Å². The lowest BCUT2D eigenvalue weighted by molar-refractivity contribution is 0.782. The summed E-state index contributed by atoms with van der Waals surface area (Å²) in [6.45, 7) is 0. The molecule has 3 rings (SSSR count). The Kier molecular flexibility index (Phi) is 2.22. The van der Waals surface area contributed by atoms with Gasteiger partial charge in [-0.3, -0.25) is 4.68 Å². The fourth-order valence-corrected chi connectivity index (χ4v) is 2.31. The molecule has 2 aromatic heterocycles. The first-order valence-corrected chi connectivity index (χ1v) is 6.01. The number of halogens is 1. The molecule has 2 heterocycles. The van der Waals surface area contributed by atoms with Crippen molar-refractivity contribution in [1.82, 2.24) is 14.8 Å². The first-order chi connectivity index (χ1) is 8.15. The molecule has 0 unspecified atom stereocenters. The van der Waals surface area contributed by atoms with Crippen LogP contribution in [0.15, 0.2) is 34.9 Å². The standard InChI is InChI=1S/C12H11BrN4/c1-17-12(14)5-11(16-17)7-2-3-10-8(4-7)9(13)6-15-10/h2-6,15H,14H2,1H3. The third-order valence-electron chi connectivity index (χ3n) is 2.84. The molecule has 0 spiro atoms. The molecule has 0 saturated carbocycles. The number of hydrogen-bond donors (Lipinski definition) is 2. The van der Waals surface area contributed by atoms with Crippen molar-refractivity contribution >= 4 is 32.7 Å². The SMILES string of the molecule is Cn1nc(-c2ccc3[nH]cc(Br)c3c2)cc1N. The highest BCUT2D eigenvalue weighted by molar-refractivity contribution is 9.10. The van der Waals surface area contributed by atoms with Crippen molar-refractivity contribution in [1.29, 1.82) is 0 Å². The molecule has 0 amide bonds. The molecular formula is C12H11BrN4. The van der Waals surface area contributed by atoms with Crippen LogP contribution in [0.5, 0.6) is 0 Å². The number of fused-ring (bicyclic) bond motifs is 1. The van der Waals surface area contributed by atoms with Gasteiger partial charge in [0, 0.05) is 40.2 Å². The molecule has 86 valence electrons. The number of anilines is 1. The number of nitrogens with zero attached hydrogens (tertiary/aromatic N) is 2. The van der Waals surface area contributed by atoms with Crippen LogP contribution in [0.3, 0.4) is 0 Å². The summed E-state index contributed by atoms with van der Waals surface area (Å²) in [6, 6.07) is 8.05. The maximum atomic E-state index is 5.79. The van der Waals surface area contributed by atoms with Gasteiger partial charge in [0.05, 0.1) is 5.69 Å². The first-order valence-electron chi connectivity index (χ1n) is 5.21. The second-order valence-electron chi connectivity index (χ2n) is 3.98. The molecule has 0 radical (unpaired) electrons. The average Bonchev–Trinajstić information content (AvgIpc) is 2.84. The number of hydrogen-bond acceptors (Lipinski definition) is 2. The van der Waals surface area contributed by atoms with Gasteiger partial charge in [-0.15, -0.1) is 0 Å². The van der Waals surface area contributed by atoms with Crippen molar-refractivity contribution in [3.63, 3.8) is 0 Å². The molecule has 0 fully saturated rings. The second-order valence-corrected chi connectivity index (χ2v) is 4.83. The van der Waals surface area contributed by atoms with E-state index in [0.29, 0.717) is 5.82 Å². The van der Waals surface area contributed by atoms with E-state index in [2.05, 4.69) is 32.1 Å². The Morgan fingerprint density at radius 2 is 2.18 bits per heavy atom. The van der Waals surface area contributed by atoms with Crippen molar-refractivity contribution < 1.29 is 0 Å². The number of aromatic nitrogens is 3. The molecule has 4 nitrogen and oxygen atoms in total. The minimum atomic E-state index is 0.660. The van der Waals surface area contributed by atoms with Gasteiger partial charge in [-0.05, 0) is 28.1 Å². The zero-order valence-corrected chi connectivity index (χ0v) is 10.8. The van der Waals surface area contributed by atoms with E-state index in [1.807, 2.05) is 31.4 Å². The highest BCUT2D eigenvalue weighted by atomic mass is 79.9. The minimum absolute atomic E-state index is 0.660. The van der Waals surface area contributed by atoms with E-state index in [4.69, 9.17) is 5.73 Å². The van der Waals surface area contributed by atoms with Crippen LogP contribution in [0.1, 0.15) is 0 Å². The largest absolute Gasteiger partial charge is 0.384 e. The Morgan fingerprint density at radius 3 is 2.88 bits per heavy atom. The number of aryl methyl sites for hydroxylation is 1. The van der Waals surface area contributed by atoms with E-state index >= 15 is 0 Å². The quantitative estimate of drug-likeness (QED) is 0.724. The van der Waals surface area contributed by atoms with Crippen molar-refractivity contribution in [3.8, 4) is 11.3 Å². The summed E-state index contributed by atoms with van der Waals surface area (Å²) < 4.78 is 2.73. The molecular weight excluding hydrogens is 280 g/mol. The first kappa shape index (κ1) is 10.4. The van der Waals surface area contributed by atoms with Gasteiger partial charge in [0.15, 0.2) is 0 Å². The van der Waals surface area contributed by atoms with Gasteiger partial charge in [0.2, 0.25) is 0 Å². The summed E-state index contributed by atoms with van der Waals surface area (Å²) >= 11 is 3.51. The average molecular weight is 291 g/mol. The lowest BCUT2D eigenvalue weighted by atomic mass is 10.1. The van der Waals surface area contributed by atoms with Crippen LogP contribution in [-0.2, 0) is 7.05 Å². The van der Waals surface area contributed by atoms with E-state index in [1.54, 1.807) is 4.68 Å². The number of H-pyrrole nitrogens is 1. The Bertz CT molecular complexity index is 676. The maximum absolute atomic E-state index is 5.79. The van der Waals surface area contributed by atoms with Gasteiger partial charge in [-0.1, -0.05) is 6.07 Å². The number of nitrogens with one attached hydrogen (secondary N) is 1. The number of nitrogens with two attached hydrogens (primary N) is 1. The topological polar surface area (TPSA) is 59.6 Å². The molecule has 17 heavy (non-hydrogen) atoms. The summed E-state index contributed by atoms with van der Waals surface area (Å²) in [5.41, 5.74) is 8.84.